The summed E-state index contributed by atoms with van der Waals surface area (Å²) < 4.78 is 5.02. The number of benzene rings is 3. The minimum Gasteiger partial charge on any atom is -0.456 e. The molecule has 0 radical (unpaired) electrons. The van der Waals surface area contributed by atoms with Crippen molar-refractivity contribution in [3.05, 3.63) is 94.0 Å². The highest BCUT2D eigenvalue weighted by Crippen LogP contribution is 2.29. The maximum absolute atomic E-state index is 12.8. The lowest BCUT2D eigenvalue weighted by atomic mass is 9.84. The molecule has 6 nitrogen and oxygen atoms in total. The molecule has 1 aliphatic carbocycles. The fraction of sp³-hybridized carbons (Fsp3) is 0.120. The van der Waals surface area contributed by atoms with Gasteiger partial charge in [-0.05, 0) is 42.5 Å². The van der Waals surface area contributed by atoms with Crippen LogP contribution in [-0.2, 0) is 14.3 Å². The number of thioether (sulfide) groups is 1. The lowest BCUT2D eigenvalue weighted by Gasteiger charge is -2.18. The third-order valence-corrected chi connectivity index (χ3v) is 6.23. The Morgan fingerprint density at radius 3 is 2.18 bits per heavy atom. The SMILES string of the molecule is O=C(COC(=O)CCSc1ccc(Cl)cc1)Nc1ccc2c(c1)C(=O)c1ccccc1C2=O. The second-order valence-corrected chi connectivity index (χ2v) is 8.83. The zero-order valence-electron chi connectivity index (χ0n) is 17.3. The molecule has 0 heterocycles. The number of ketones is 2. The summed E-state index contributed by atoms with van der Waals surface area (Å²) in [5.41, 5.74) is 1.57. The van der Waals surface area contributed by atoms with Crippen LogP contribution in [0.15, 0.2) is 71.6 Å². The molecule has 1 N–H and O–H groups in total. The molecule has 0 spiro atoms. The minimum absolute atomic E-state index is 0.148. The van der Waals surface area contributed by atoms with Gasteiger partial charge in [0.15, 0.2) is 18.2 Å². The van der Waals surface area contributed by atoms with E-state index in [9.17, 15) is 19.2 Å². The highest BCUT2D eigenvalue weighted by atomic mass is 35.5. The van der Waals surface area contributed by atoms with E-state index >= 15 is 0 Å². The Hall–Kier alpha value is -3.42. The Bertz CT molecular complexity index is 1260. The molecule has 33 heavy (non-hydrogen) atoms. The van der Waals surface area contributed by atoms with Crippen LogP contribution in [0.3, 0.4) is 0 Å². The van der Waals surface area contributed by atoms with Crippen LogP contribution in [0.25, 0.3) is 0 Å². The molecule has 0 saturated heterocycles. The van der Waals surface area contributed by atoms with Gasteiger partial charge in [0.2, 0.25) is 0 Å². The highest BCUT2D eigenvalue weighted by Gasteiger charge is 2.29. The van der Waals surface area contributed by atoms with E-state index in [2.05, 4.69) is 5.32 Å². The lowest BCUT2D eigenvalue weighted by molar-refractivity contribution is -0.146. The van der Waals surface area contributed by atoms with Crippen LogP contribution in [0.4, 0.5) is 5.69 Å². The molecule has 3 aromatic rings. The summed E-state index contributed by atoms with van der Waals surface area (Å²) in [6, 6.07) is 18.4. The van der Waals surface area contributed by atoms with Crippen molar-refractivity contribution in [3.8, 4) is 0 Å². The fourth-order valence-corrected chi connectivity index (χ4v) is 4.33. The maximum atomic E-state index is 12.8. The van der Waals surface area contributed by atoms with Gasteiger partial charge in [-0.25, -0.2) is 0 Å². The number of carbonyl (C=O) groups is 4. The summed E-state index contributed by atoms with van der Waals surface area (Å²) in [6.07, 6.45) is 0.148. The van der Waals surface area contributed by atoms with Gasteiger partial charge in [0, 0.05) is 43.6 Å². The molecular weight excluding hydrogens is 462 g/mol. The zero-order chi connectivity index (χ0) is 23.4. The van der Waals surface area contributed by atoms with Gasteiger partial charge in [-0.2, -0.15) is 0 Å². The largest absolute Gasteiger partial charge is 0.456 e. The molecule has 1 amide bonds. The molecular formula is C25H18ClNO5S. The summed E-state index contributed by atoms with van der Waals surface area (Å²) >= 11 is 7.32. The first kappa shape index (κ1) is 22.8. The quantitative estimate of drug-likeness (QED) is 0.303. The number of amides is 1. The van der Waals surface area contributed by atoms with Gasteiger partial charge in [0.25, 0.3) is 5.91 Å². The molecule has 0 unspecified atom stereocenters. The third-order valence-electron chi connectivity index (χ3n) is 4.96. The first-order chi connectivity index (χ1) is 15.9. The summed E-state index contributed by atoms with van der Waals surface area (Å²) in [4.78, 5) is 50.5. The van der Waals surface area contributed by atoms with E-state index in [0.717, 1.165) is 4.90 Å². The number of ether oxygens (including phenoxy) is 1. The van der Waals surface area contributed by atoms with E-state index in [4.69, 9.17) is 16.3 Å². The molecule has 0 fully saturated rings. The predicted octanol–water partition coefficient (Wildman–Crippen LogP) is 4.78. The van der Waals surface area contributed by atoms with Gasteiger partial charge < -0.3 is 10.1 Å². The van der Waals surface area contributed by atoms with Gasteiger partial charge in [0.05, 0.1) is 6.42 Å². The topological polar surface area (TPSA) is 89.5 Å². The fourth-order valence-electron chi connectivity index (χ4n) is 3.38. The molecule has 0 saturated carbocycles. The summed E-state index contributed by atoms with van der Waals surface area (Å²) in [7, 11) is 0. The number of halogens is 1. The van der Waals surface area contributed by atoms with Crippen LogP contribution in [0, 0.1) is 0 Å². The van der Waals surface area contributed by atoms with Gasteiger partial charge in [0.1, 0.15) is 0 Å². The van der Waals surface area contributed by atoms with E-state index in [-0.39, 0.29) is 23.6 Å². The van der Waals surface area contributed by atoms with Crippen LogP contribution < -0.4 is 5.32 Å². The normalized spacial score (nSPS) is 12.0. The maximum Gasteiger partial charge on any atom is 0.307 e. The van der Waals surface area contributed by atoms with Crippen LogP contribution >= 0.6 is 23.4 Å². The predicted molar refractivity (Wildman–Crippen MR) is 126 cm³/mol. The zero-order valence-corrected chi connectivity index (χ0v) is 18.9. The van der Waals surface area contributed by atoms with Gasteiger partial charge in [-0.1, -0.05) is 35.9 Å². The first-order valence-electron chi connectivity index (χ1n) is 10.1. The summed E-state index contributed by atoms with van der Waals surface area (Å²) in [5, 5.41) is 3.24. The summed E-state index contributed by atoms with van der Waals surface area (Å²) in [5.74, 6) is -1.03. The van der Waals surface area contributed by atoms with Gasteiger partial charge in [-0.3, -0.25) is 19.2 Å². The van der Waals surface area contributed by atoms with Crippen molar-refractivity contribution in [1.82, 2.24) is 0 Å². The van der Waals surface area contributed by atoms with E-state index in [1.807, 2.05) is 12.1 Å². The Morgan fingerprint density at radius 1 is 0.848 bits per heavy atom. The number of fused-ring (bicyclic) bond motifs is 2. The molecule has 4 rings (SSSR count). The number of esters is 1. The van der Waals surface area contributed by atoms with Crippen LogP contribution in [0.5, 0.6) is 0 Å². The van der Waals surface area contributed by atoms with Crippen molar-refractivity contribution in [2.45, 2.75) is 11.3 Å². The average molecular weight is 480 g/mol. The molecule has 0 aromatic heterocycles. The Balaban J connectivity index is 1.29. The molecule has 0 atom stereocenters. The standard InChI is InChI=1S/C25H18ClNO5S/c26-15-5-8-17(9-6-15)33-12-11-23(29)32-14-22(28)27-16-7-10-20-21(13-16)25(31)19-4-2-1-3-18(19)24(20)30/h1-10,13H,11-12,14H2,(H,27,28). The minimum atomic E-state index is -0.538. The second-order valence-electron chi connectivity index (χ2n) is 7.23. The molecule has 0 bridgehead atoms. The Labute approximate surface area is 199 Å². The molecule has 166 valence electrons. The number of rotatable bonds is 7. The van der Waals surface area contributed by atoms with Crippen molar-refractivity contribution >= 4 is 52.5 Å². The number of nitrogens with one attached hydrogen (secondary N) is 1. The molecule has 1 aliphatic rings. The van der Waals surface area contributed by atoms with Crippen molar-refractivity contribution in [1.29, 1.82) is 0 Å². The number of anilines is 1. The van der Waals surface area contributed by atoms with E-state index < -0.39 is 18.5 Å². The van der Waals surface area contributed by atoms with Crippen molar-refractivity contribution in [2.75, 3.05) is 17.7 Å². The van der Waals surface area contributed by atoms with Crippen molar-refractivity contribution < 1.29 is 23.9 Å². The molecule has 3 aromatic carbocycles. The molecule has 8 heteroatoms. The van der Waals surface area contributed by atoms with Gasteiger partial charge >= 0.3 is 5.97 Å². The lowest BCUT2D eigenvalue weighted by Crippen LogP contribution is -2.23. The van der Waals surface area contributed by atoms with Crippen molar-refractivity contribution in [2.24, 2.45) is 0 Å². The van der Waals surface area contributed by atoms with E-state index in [1.54, 1.807) is 42.5 Å². The van der Waals surface area contributed by atoms with Crippen molar-refractivity contribution in [3.63, 3.8) is 0 Å². The van der Waals surface area contributed by atoms with Gasteiger partial charge in [-0.15, -0.1) is 11.8 Å². The second kappa shape index (κ2) is 10.0. The van der Waals surface area contributed by atoms with E-state index in [0.29, 0.717) is 33.2 Å². The van der Waals surface area contributed by atoms with Crippen LogP contribution in [0.2, 0.25) is 5.02 Å². The highest BCUT2D eigenvalue weighted by molar-refractivity contribution is 7.99. The van der Waals surface area contributed by atoms with E-state index in [1.165, 1.54) is 23.9 Å². The smallest absolute Gasteiger partial charge is 0.307 e. The summed E-state index contributed by atoms with van der Waals surface area (Å²) in [6.45, 7) is -0.447. The van der Waals surface area contributed by atoms with Crippen LogP contribution in [0.1, 0.15) is 38.3 Å². The number of hydrogen-bond acceptors (Lipinski definition) is 6. The third kappa shape index (κ3) is 5.32. The number of hydrogen-bond donors (Lipinski definition) is 1. The molecule has 0 aliphatic heterocycles. The monoisotopic (exact) mass is 479 g/mol. The number of carbonyl (C=O) groups excluding carboxylic acids is 4. The Kier molecular flexibility index (Phi) is 6.91. The first-order valence-corrected chi connectivity index (χ1v) is 11.4. The van der Waals surface area contributed by atoms with Crippen LogP contribution in [-0.4, -0.2) is 35.8 Å². The Morgan fingerprint density at radius 2 is 1.48 bits per heavy atom. The average Bonchev–Trinajstić information content (AvgIpc) is 2.82.